The zero-order chi connectivity index (χ0) is 8.01. The molecule has 0 aromatic rings. The Morgan fingerprint density at radius 3 is 2.82 bits per heavy atom. The number of hydrogen-bond donors (Lipinski definition) is 0. The molecule has 2 aliphatic heterocycles. The van der Waals surface area contributed by atoms with Crippen LogP contribution >= 0.6 is 11.6 Å². The Kier molecular flexibility index (Phi) is 1.55. The first-order valence-corrected chi connectivity index (χ1v) is 4.15. The number of ether oxygens (including phenoxy) is 1. The second-order valence-corrected chi connectivity index (χ2v) is 3.51. The van der Waals surface area contributed by atoms with Crippen LogP contribution in [-0.4, -0.2) is 23.4 Å². The first-order valence-electron chi connectivity index (χ1n) is 3.72. The van der Waals surface area contributed by atoms with E-state index in [1.165, 1.54) is 0 Å². The third kappa shape index (κ3) is 0.932. The molecule has 0 aliphatic carbocycles. The summed E-state index contributed by atoms with van der Waals surface area (Å²) in [5, 5.41) is -0.472. The van der Waals surface area contributed by atoms with Gasteiger partial charge in [0.2, 0.25) is 0 Å². The van der Waals surface area contributed by atoms with Crippen molar-refractivity contribution in [3.8, 4) is 0 Å². The highest BCUT2D eigenvalue weighted by Crippen LogP contribution is 2.31. The molecule has 4 atom stereocenters. The van der Waals surface area contributed by atoms with Crippen LogP contribution in [0.25, 0.3) is 0 Å². The van der Waals surface area contributed by atoms with Gasteiger partial charge in [-0.25, -0.2) is 0 Å². The largest absolute Gasteiger partial charge is 0.364 e. The standard InChI is InChI=1S/C8H9ClO2/c1-4-5-2-3-6(11-5)7(9)8(4)10/h2-7H,1H3/t4?,5-,6+,7?/m1/s1. The number of carbonyl (C=O) groups is 1. The molecule has 0 aromatic carbocycles. The number of hydrogen-bond acceptors (Lipinski definition) is 2. The maximum absolute atomic E-state index is 11.3. The van der Waals surface area contributed by atoms with Crippen molar-refractivity contribution in [3.63, 3.8) is 0 Å². The zero-order valence-corrected chi connectivity index (χ0v) is 6.91. The monoisotopic (exact) mass is 172 g/mol. The molecule has 1 fully saturated rings. The molecule has 2 nitrogen and oxygen atoms in total. The van der Waals surface area contributed by atoms with Gasteiger partial charge in [-0.15, -0.1) is 11.6 Å². The Labute approximate surface area is 70.2 Å². The summed E-state index contributed by atoms with van der Waals surface area (Å²) in [6.45, 7) is 1.86. The van der Waals surface area contributed by atoms with Crippen LogP contribution in [0.3, 0.4) is 0 Å². The second-order valence-electron chi connectivity index (χ2n) is 3.04. The minimum atomic E-state index is -0.472. The molecule has 0 aromatic heterocycles. The molecule has 1 saturated heterocycles. The second kappa shape index (κ2) is 2.32. The van der Waals surface area contributed by atoms with Crippen molar-refractivity contribution in [1.82, 2.24) is 0 Å². The highest BCUT2D eigenvalue weighted by Gasteiger charge is 2.42. The average Bonchev–Trinajstić information content (AvgIpc) is 2.44. The van der Waals surface area contributed by atoms with E-state index in [9.17, 15) is 4.79 Å². The van der Waals surface area contributed by atoms with Crippen molar-refractivity contribution in [2.24, 2.45) is 5.92 Å². The van der Waals surface area contributed by atoms with Crippen LogP contribution in [-0.2, 0) is 9.53 Å². The van der Waals surface area contributed by atoms with Crippen LogP contribution in [0, 0.1) is 5.92 Å². The topological polar surface area (TPSA) is 26.3 Å². The summed E-state index contributed by atoms with van der Waals surface area (Å²) in [7, 11) is 0. The Bertz CT molecular complexity index is 204. The smallest absolute Gasteiger partial charge is 0.159 e. The lowest BCUT2D eigenvalue weighted by molar-refractivity contribution is -0.134. The lowest BCUT2D eigenvalue weighted by Gasteiger charge is -2.28. The summed E-state index contributed by atoms with van der Waals surface area (Å²) in [6.07, 6.45) is 3.60. The van der Waals surface area contributed by atoms with Gasteiger partial charge in [-0.05, 0) is 0 Å². The Morgan fingerprint density at radius 1 is 1.45 bits per heavy atom. The fourth-order valence-electron chi connectivity index (χ4n) is 1.52. The van der Waals surface area contributed by atoms with Gasteiger partial charge in [0.1, 0.15) is 5.38 Å². The zero-order valence-electron chi connectivity index (χ0n) is 6.16. The van der Waals surface area contributed by atoms with Crippen molar-refractivity contribution < 1.29 is 9.53 Å². The molecule has 2 rings (SSSR count). The van der Waals surface area contributed by atoms with E-state index in [1.807, 2.05) is 19.1 Å². The van der Waals surface area contributed by atoms with Crippen molar-refractivity contribution in [3.05, 3.63) is 12.2 Å². The van der Waals surface area contributed by atoms with Gasteiger partial charge in [-0.3, -0.25) is 4.79 Å². The van der Waals surface area contributed by atoms with Gasteiger partial charge in [0, 0.05) is 5.92 Å². The van der Waals surface area contributed by atoms with Gasteiger partial charge in [-0.1, -0.05) is 19.1 Å². The number of carbonyl (C=O) groups excluding carboxylic acids is 1. The van der Waals surface area contributed by atoms with E-state index in [0.717, 1.165) is 0 Å². The molecule has 0 radical (unpaired) electrons. The summed E-state index contributed by atoms with van der Waals surface area (Å²) in [5.41, 5.74) is 0. The third-order valence-electron chi connectivity index (χ3n) is 2.31. The minimum absolute atomic E-state index is 0.0255. The summed E-state index contributed by atoms with van der Waals surface area (Å²) >= 11 is 5.83. The molecule has 3 heteroatoms. The summed E-state index contributed by atoms with van der Waals surface area (Å²) in [4.78, 5) is 11.3. The summed E-state index contributed by atoms with van der Waals surface area (Å²) < 4.78 is 5.43. The lowest BCUT2D eigenvalue weighted by Crippen LogP contribution is -2.43. The molecule has 0 spiro atoms. The number of fused-ring (bicyclic) bond motifs is 2. The van der Waals surface area contributed by atoms with Crippen molar-refractivity contribution in [1.29, 1.82) is 0 Å². The minimum Gasteiger partial charge on any atom is -0.364 e. The molecule has 2 bridgehead atoms. The summed E-state index contributed by atoms with van der Waals surface area (Å²) in [5.74, 6) is 0.0328. The molecule has 11 heavy (non-hydrogen) atoms. The van der Waals surface area contributed by atoms with Crippen molar-refractivity contribution in [2.75, 3.05) is 0 Å². The first-order chi connectivity index (χ1) is 5.20. The maximum Gasteiger partial charge on any atom is 0.159 e. The molecule has 0 amide bonds. The first kappa shape index (κ1) is 7.32. The van der Waals surface area contributed by atoms with E-state index >= 15 is 0 Å². The quantitative estimate of drug-likeness (QED) is 0.405. The van der Waals surface area contributed by atoms with E-state index in [0.29, 0.717) is 0 Å². The maximum atomic E-state index is 11.3. The van der Waals surface area contributed by atoms with Crippen molar-refractivity contribution in [2.45, 2.75) is 24.5 Å². The van der Waals surface area contributed by atoms with E-state index in [1.54, 1.807) is 0 Å². The third-order valence-corrected chi connectivity index (χ3v) is 2.77. The van der Waals surface area contributed by atoms with E-state index in [2.05, 4.69) is 0 Å². The highest BCUT2D eigenvalue weighted by molar-refractivity contribution is 6.32. The van der Waals surface area contributed by atoms with Crippen molar-refractivity contribution >= 4 is 17.4 Å². The molecule has 2 unspecified atom stereocenters. The number of rotatable bonds is 0. The van der Waals surface area contributed by atoms with E-state index in [-0.39, 0.29) is 23.9 Å². The molecule has 0 N–H and O–H groups in total. The normalized spacial score (nSPS) is 48.4. The van der Waals surface area contributed by atoms with Crippen LogP contribution in [0.15, 0.2) is 12.2 Å². The van der Waals surface area contributed by atoms with Crippen LogP contribution in [0.5, 0.6) is 0 Å². The van der Waals surface area contributed by atoms with E-state index < -0.39 is 5.38 Å². The molecule has 2 aliphatic rings. The lowest BCUT2D eigenvalue weighted by atomic mass is 9.96. The Morgan fingerprint density at radius 2 is 2.09 bits per heavy atom. The SMILES string of the molecule is CC1C(=O)C(Cl)[C@@H]2C=C[C@H]1O2. The molecule has 60 valence electrons. The van der Waals surface area contributed by atoms with Crippen LogP contribution in [0.2, 0.25) is 0 Å². The fraction of sp³-hybridized carbons (Fsp3) is 0.625. The van der Waals surface area contributed by atoms with Gasteiger partial charge < -0.3 is 4.74 Å². The van der Waals surface area contributed by atoms with Gasteiger partial charge in [-0.2, -0.15) is 0 Å². The summed E-state index contributed by atoms with van der Waals surface area (Å²) in [6, 6.07) is 0. The highest BCUT2D eigenvalue weighted by atomic mass is 35.5. The molecular formula is C8H9ClO2. The number of ketones is 1. The predicted octanol–water partition coefficient (Wildman–Crippen LogP) is 1.14. The predicted molar refractivity (Wildman–Crippen MR) is 41.6 cm³/mol. The number of halogens is 1. The van der Waals surface area contributed by atoms with Crippen LogP contribution in [0.1, 0.15) is 6.92 Å². The van der Waals surface area contributed by atoms with Gasteiger partial charge in [0.15, 0.2) is 5.78 Å². The molecule has 0 saturated carbocycles. The van der Waals surface area contributed by atoms with E-state index in [4.69, 9.17) is 16.3 Å². The van der Waals surface area contributed by atoms with Crippen LogP contribution < -0.4 is 0 Å². The Hall–Kier alpha value is -0.340. The fourth-order valence-corrected chi connectivity index (χ4v) is 1.86. The van der Waals surface area contributed by atoms with Gasteiger partial charge in [0.25, 0.3) is 0 Å². The average molecular weight is 173 g/mol. The number of Topliss-reactive ketones (excluding diaryl/α,β-unsaturated/α-hetero) is 1. The number of alkyl halides is 1. The van der Waals surface area contributed by atoms with Gasteiger partial charge >= 0.3 is 0 Å². The molecule has 2 heterocycles. The molecular weight excluding hydrogens is 164 g/mol. The van der Waals surface area contributed by atoms with Gasteiger partial charge in [0.05, 0.1) is 12.2 Å². The van der Waals surface area contributed by atoms with Crippen LogP contribution in [0.4, 0.5) is 0 Å². The Balaban J connectivity index is 2.29.